The highest BCUT2D eigenvalue weighted by atomic mass is 19.4. The van der Waals surface area contributed by atoms with E-state index in [-0.39, 0.29) is 17.1 Å². The van der Waals surface area contributed by atoms with E-state index in [4.69, 9.17) is 5.84 Å². The fraction of sp³-hybridized carbons (Fsp3) is 0.333. The van der Waals surface area contributed by atoms with Crippen molar-refractivity contribution in [2.75, 3.05) is 5.32 Å². The number of hydrogen-bond donors (Lipinski definition) is 2. The highest BCUT2D eigenvalue weighted by Gasteiger charge is 2.44. The van der Waals surface area contributed by atoms with Crippen LogP contribution in [0.4, 0.5) is 19.1 Å². The number of nitrogens with zero attached hydrogens (tertiary/aromatic N) is 3. The predicted molar refractivity (Wildman–Crippen MR) is 93.8 cm³/mol. The summed E-state index contributed by atoms with van der Waals surface area (Å²) in [6.45, 7) is 2.01. The van der Waals surface area contributed by atoms with Gasteiger partial charge in [-0.1, -0.05) is 24.3 Å². The molecule has 2 amide bonds. The van der Waals surface area contributed by atoms with E-state index in [2.05, 4.69) is 15.3 Å². The van der Waals surface area contributed by atoms with Crippen molar-refractivity contribution >= 4 is 17.8 Å². The highest BCUT2D eigenvalue weighted by Crippen LogP contribution is 2.44. The minimum Gasteiger partial charge on any atom is -0.345 e. The Morgan fingerprint density at radius 3 is 2.29 bits per heavy atom. The number of nitrogens with two attached hydrogens (primary N) is 1. The van der Waals surface area contributed by atoms with Crippen molar-refractivity contribution in [3.05, 3.63) is 53.3 Å². The highest BCUT2D eigenvalue weighted by molar-refractivity contribution is 6.05. The number of hydrazine groups is 1. The minimum atomic E-state index is -5.25. The number of carbonyl (C=O) groups excluding carboxylic acids is 2. The third kappa shape index (κ3) is 3.68. The molecule has 7 nitrogen and oxygen atoms in total. The Hall–Kier alpha value is -3.01. The second-order valence-electron chi connectivity index (χ2n) is 6.65. The monoisotopic (exact) mass is 393 g/mol. The first-order valence-corrected chi connectivity index (χ1v) is 8.51. The van der Waals surface area contributed by atoms with Crippen LogP contribution in [0.1, 0.15) is 40.7 Å². The van der Waals surface area contributed by atoms with Crippen LogP contribution in [-0.2, 0) is 10.3 Å². The van der Waals surface area contributed by atoms with Crippen LogP contribution in [0.15, 0.2) is 36.7 Å². The molecule has 0 radical (unpaired) electrons. The fourth-order valence-corrected chi connectivity index (χ4v) is 3.19. The van der Waals surface area contributed by atoms with Crippen LogP contribution in [0.25, 0.3) is 0 Å². The molecule has 0 bridgehead atoms. The second kappa shape index (κ2) is 7.19. The molecular weight excluding hydrogens is 375 g/mol. The summed E-state index contributed by atoms with van der Waals surface area (Å²) in [5, 5.41) is 2.77. The van der Waals surface area contributed by atoms with Gasteiger partial charge >= 0.3 is 12.1 Å². The Balaban J connectivity index is 1.77. The molecule has 1 fully saturated rings. The Bertz CT molecular complexity index is 895. The number of imide groups is 1. The number of carbonyl (C=O) groups is 2. The van der Waals surface area contributed by atoms with Gasteiger partial charge in [-0.15, -0.1) is 0 Å². The van der Waals surface area contributed by atoms with E-state index in [0.29, 0.717) is 0 Å². The zero-order valence-electron chi connectivity index (χ0n) is 15.0. The number of amides is 2. The third-order valence-corrected chi connectivity index (χ3v) is 4.80. The number of alkyl halides is 3. The molecule has 2 aromatic rings. The molecule has 1 aliphatic carbocycles. The summed E-state index contributed by atoms with van der Waals surface area (Å²) in [4.78, 5) is 31.0. The maximum Gasteiger partial charge on any atom is 0.473 e. The molecular formula is C18H18F3N5O2. The molecule has 3 N–H and O–H groups in total. The van der Waals surface area contributed by atoms with Gasteiger partial charge in [0.05, 0.1) is 11.1 Å². The van der Waals surface area contributed by atoms with Crippen LogP contribution in [0.2, 0.25) is 0 Å². The molecule has 1 heterocycles. The van der Waals surface area contributed by atoms with E-state index in [1.165, 1.54) is 0 Å². The van der Waals surface area contributed by atoms with Gasteiger partial charge in [0.25, 0.3) is 5.91 Å². The van der Waals surface area contributed by atoms with E-state index in [1.54, 1.807) is 0 Å². The number of anilines is 1. The van der Waals surface area contributed by atoms with Crippen LogP contribution in [0, 0.1) is 6.92 Å². The van der Waals surface area contributed by atoms with E-state index < -0.39 is 23.0 Å². The molecule has 1 aromatic heterocycles. The summed E-state index contributed by atoms with van der Waals surface area (Å²) < 4.78 is 37.2. The molecule has 0 spiro atoms. The first kappa shape index (κ1) is 19.7. The number of benzene rings is 1. The largest absolute Gasteiger partial charge is 0.473 e. The molecule has 148 valence electrons. The molecule has 1 saturated carbocycles. The van der Waals surface area contributed by atoms with Gasteiger partial charge in [0.1, 0.15) is 0 Å². The maximum absolute atomic E-state index is 12.4. The van der Waals surface area contributed by atoms with E-state index in [0.717, 1.165) is 42.8 Å². The lowest BCUT2D eigenvalue weighted by molar-refractivity contribution is -0.182. The topological polar surface area (TPSA) is 101 Å². The van der Waals surface area contributed by atoms with E-state index in [1.807, 2.05) is 31.2 Å². The first-order valence-electron chi connectivity index (χ1n) is 8.51. The zero-order chi connectivity index (χ0) is 20.5. The lowest BCUT2D eigenvalue weighted by Gasteiger charge is -2.44. The normalized spacial score (nSPS) is 15.5. The molecule has 0 atom stereocenters. The Kier molecular flexibility index (Phi) is 5.07. The zero-order valence-corrected chi connectivity index (χ0v) is 15.0. The molecule has 10 heteroatoms. The number of hydrogen-bond acceptors (Lipinski definition) is 6. The Morgan fingerprint density at radius 1 is 1.18 bits per heavy atom. The van der Waals surface area contributed by atoms with Gasteiger partial charge in [-0.2, -0.15) is 13.2 Å². The summed E-state index contributed by atoms with van der Waals surface area (Å²) in [7, 11) is 0. The Labute approximate surface area is 158 Å². The van der Waals surface area contributed by atoms with Crippen LogP contribution in [-0.4, -0.2) is 33.0 Å². The third-order valence-electron chi connectivity index (χ3n) is 4.80. The fourth-order valence-electron chi connectivity index (χ4n) is 3.19. The SMILES string of the molecule is Cc1ccccc1C1(Nc2ncc(C(=O)N(N)C(=O)C(F)(F)F)cn2)CCC1. The Morgan fingerprint density at radius 2 is 1.79 bits per heavy atom. The molecule has 0 unspecified atom stereocenters. The molecule has 3 rings (SSSR count). The number of nitrogens with one attached hydrogen (secondary N) is 1. The molecule has 1 aromatic carbocycles. The second-order valence-corrected chi connectivity index (χ2v) is 6.65. The standard InChI is InChI=1S/C18H18F3N5O2/c1-11-5-2-3-6-13(11)17(7-4-8-17)25-16-23-9-12(10-24-16)14(27)26(22)15(28)18(19,20)21/h2-3,5-6,9-10H,4,7-8,22H2,1H3,(H,23,24,25). The minimum absolute atomic E-state index is 0.227. The van der Waals surface area contributed by atoms with Crippen molar-refractivity contribution in [2.45, 2.75) is 37.9 Å². The van der Waals surface area contributed by atoms with Gasteiger partial charge in [0.2, 0.25) is 5.95 Å². The quantitative estimate of drug-likeness (QED) is 0.471. The number of aryl methyl sites for hydroxylation is 1. The maximum atomic E-state index is 12.4. The van der Waals surface area contributed by atoms with E-state index in [9.17, 15) is 22.8 Å². The molecule has 1 aliphatic rings. The van der Waals surface area contributed by atoms with Gasteiger partial charge in [-0.3, -0.25) is 9.59 Å². The number of aromatic nitrogens is 2. The van der Waals surface area contributed by atoms with Crippen molar-refractivity contribution in [3.63, 3.8) is 0 Å². The van der Waals surface area contributed by atoms with Crippen LogP contribution >= 0.6 is 0 Å². The van der Waals surface area contributed by atoms with E-state index >= 15 is 0 Å². The smallest absolute Gasteiger partial charge is 0.345 e. The van der Waals surface area contributed by atoms with Crippen molar-refractivity contribution < 1.29 is 22.8 Å². The molecule has 28 heavy (non-hydrogen) atoms. The lowest BCUT2D eigenvalue weighted by Crippen LogP contribution is -2.49. The first-order chi connectivity index (χ1) is 13.1. The molecule has 0 aliphatic heterocycles. The van der Waals surface area contributed by atoms with Crippen LogP contribution in [0.3, 0.4) is 0 Å². The van der Waals surface area contributed by atoms with Gasteiger partial charge in [-0.25, -0.2) is 20.8 Å². The van der Waals surface area contributed by atoms with Crippen LogP contribution in [0.5, 0.6) is 0 Å². The van der Waals surface area contributed by atoms with Crippen LogP contribution < -0.4 is 11.2 Å². The lowest BCUT2D eigenvalue weighted by atomic mass is 9.70. The van der Waals surface area contributed by atoms with Crippen molar-refractivity contribution in [2.24, 2.45) is 5.84 Å². The van der Waals surface area contributed by atoms with Crippen molar-refractivity contribution in [3.8, 4) is 0 Å². The van der Waals surface area contributed by atoms with Crippen molar-refractivity contribution in [1.82, 2.24) is 15.0 Å². The van der Waals surface area contributed by atoms with Gasteiger partial charge in [-0.05, 0) is 37.3 Å². The average Bonchev–Trinajstić information content (AvgIpc) is 2.63. The van der Waals surface area contributed by atoms with Gasteiger partial charge < -0.3 is 5.32 Å². The van der Waals surface area contributed by atoms with Crippen molar-refractivity contribution in [1.29, 1.82) is 0 Å². The average molecular weight is 393 g/mol. The molecule has 0 saturated heterocycles. The summed E-state index contributed by atoms with van der Waals surface area (Å²) in [6.07, 6.45) is -0.412. The summed E-state index contributed by atoms with van der Waals surface area (Å²) >= 11 is 0. The summed E-state index contributed by atoms with van der Waals surface area (Å²) in [5.41, 5.74) is 1.58. The number of halogens is 3. The van der Waals surface area contributed by atoms with Gasteiger partial charge in [0, 0.05) is 12.4 Å². The summed E-state index contributed by atoms with van der Waals surface area (Å²) in [5.74, 6) is 1.41. The predicted octanol–water partition coefficient (Wildman–Crippen LogP) is 2.68. The number of rotatable bonds is 4. The van der Waals surface area contributed by atoms with Gasteiger partial charge in [0.15, 0.2) is 0 Å². The summed E-state index contributed by atoms with van der Waals surface area (Å²) in [6, 6.07) is 7.92.